The van der Waals surface area contributed by atoms with Crippen LogP contribution >= 0.6 is 0 Å². The Balaban J connectivity index is 2.83. The van der Waals surface area contributed by atoms with E-state index >= 15 is 0 Å². The first kappa shape index (κ1) is 11.8. The fourth-order valence-electron chi connectivity index (χ4n) is 2.25. The van der Waals surface area contributed by atoms with Crippen molar-refractivity contribution >= 4 is 11.5 Å². The number of rotatable bonds is 1. The van der Waals surface area contributed by atoms with E-state index in [2.05, 4.69) is 4.90 Å². The predicted molar refractivity (Wildman–Crippen MR) is 67.8 cm³/mol. The van der Waals surface area contributed by atoms with E-state index in [1.54, 1.807) is 11.6 Å². The van der Waals surface area contributed by atoms with Crippen molar-refractivity contribution < 1.29 is 0 Å². The third-order valence-electron chi connectivity index (χ3n) is 3.25. The van der Waals surface area contributed by atoms with Crippen LogP contribution < -0.4 is 21.0 Å². The van der Waals surface area contributed by atoms with Gasteiger partial charge >= 0.3 is 5.69 Å². The Morgan fingerprint density at radius 2 is 1.65 bits per heavy atom. The van der Waals surface area contributed by atoms with Gasteiger partial charge in [-0.25, -0.2) is 4.79 Å². The molecule has 0 bridgehead atoms. The predicted octanol–water partition coefficient (Wildman–Crippen LogP) is -0.294. The summed E-state index contributed by atoms with van der Waals surface area (Å²) in [6.07, 6.45) is 0. The first-order valence-electron chi connectivity index (χ1n) is 5.64. The maximum absolute atomic E-state index is 12.1. The summed E-state index contributed by atoms with van der Waals surface area (Å²) in [6.45, 7) is 4.73. The highest BCUT2D eigenvalue weighted by molar-refractivity contribution is 5.71. The van der Waals surface area contributed by atoms with Crippen molar-refractivity contribution in [3.63, 3.8) is 0 Å². The minimum Gasteiger partial charge on any atom is -0.349 e. The molecule has 1 aliphatic heterocycles. The first-order chi connectivity index (χ1) is 7.86. The van der Waals surface area contributed by atoms with Crippen LogP contribution in [-0.4, -0.2) is 28.9 Å². The maximum Gasteiger partial charge on any atom is 0.332 e. The van der Waals surface area contributed by atoms with Gasteiger partial charge in [-0.15, -0.1) is 0 Å². The van der Waals surface area contributed by atoms with Crippen LogP contribution in [0.1, 0.15) is 13.8 Å². The summed E-state index contributed by atoms with van der Waals surface area (Å²) in [4.78, 5) is 27.9. The molecule has 2 heterocycles. The molecule has 0 aliphatic carbocycles. The second kappa shape index (κ2) is 3.65. The van der Waals surface area contributed by atoms with Gasteiger partial charge in [-0.1, -0.05) is 0 Å². The molecule has 0 aromatic carbocycles. The van der Waals surface area contributed by atoms with Crippen LogP contribution in [0, 0.1) is 0 Å². The third kappa shape index (κ3) is 1.47. The summed E-state index contributed by atoms with van der Waals surface area (Å²) in [5, 5.41) is 0. The molecule has 17 heavy (non-hydrogen) atoms. The average Bonchev–Trinajstić information content (AvgIpc) is 2.61. The lowest BCUT2D eigenvalue weighted by Gasteiger charge is -2.24. The lowest BCUT2D eigenvalue weighted by atomic mass is 10.3. The lowest BCUT2D eigenvalue weighted by Crippen LogP contribution is -2.39. The molecule has 6 nitrogen and oxygen atoms in total. The Bertz CT molecular complexity index is 570. The van der Waals surface area contributed by atoms with Crippen molar-refractivity contribution in [1.29, 1.82) is 0 Å². The van der Waals surface area contributed by atoms with Crippen LogP contribution in [-0.2, 0) is 14.1 Å². The molecule has 1 aromatic heterocycles. The van der Waals surface area contributed by atoms with E-state index in [-0.39, 0.29) is 17.3 Å². The van der Waals surface area contributed by atoms with Gasteiger partial charge in [-0.05, 0) is 13.8 Å². The highest BCUT2D eigenvalue weighted by Crippen LogP contribution is 2.31. The largest absolute Gasteiger partial charge is 0.349 e. The summed E-state index contributed by atoms with van der Waals surface area (Å²) in [5.41, 5.74) is 0.0896. The highest BCUT2D eigenvalue weighted by atomic mass is 16.2. The zero-order valence-corrected chi connectivity index (χ0v) is 10.9. The lowest BCUT2D eigenvalue weighted by molar-refractivity contribution is 0.649. The monoisotopic (exact) mass is 238 g/mol. The van der Waals surface area contributed by atoms with Crippen LogP contribution in [0.25, 0.3) is 0 Å². The van der Waals surface area contributed by atoms with E-state index in [9.17, 15) is 9.59 Å². The Hall–Kier alpha value is -1.72. The van der Waals surface area contributed by atoms with Crippen molar-refractivity contribution in [3.05, 3.63) is 20.8 Å². The second-order valence-corrected chi connectivity index (χ2v) is 4.78. The Labute approximate surface area is 99.7 Å². The van der Waals surface area contributed by atoms with Gasteiger partial charge in [0.25, 0.3) is 5.56 Å². The summed E-state index contributed by atoms with van der Waals surface area (Å²) in [7, 11) is 5.08. The maximum atomic E-state index is 12.1. The van der Waals surface area contributed by atoms with E-state index in [0.717, 1.165) is 10.4 Å². The number of hydrogen-bond donors (Lipinski definition) is 0. The Morgan fingerprint density at radius 1 is 1.06 bits per heavy atom. The van der Waals surface area contributed by atoms with Gasteiger partial charge in [0.15, 0.2) is 0 Å². The third-order valence-corrected chi connectivity index (χ3v) is 3.25. The molecule has 6 heteroatoms. The molecule has 0 N–H and O–H groups in total. The van der Waals surface area contributed by atoms with Gasteiger partial charge in [0.05, 0.1) is 6.67 Å². The van der Waals surface area contributed by atoms with Gasteiger partial charge in [-0.3, -0.25) is 13.9 Å². The molecule has 0 saturated heterocycles. The van der Waals surface area contributed by atoms with Crippen molar-refractivity contribution in [1.82, 2.24) is 9.13 Å². The number of nitrogens with zero attached hydrogens (tertiary/aromatic N) is 4. The molecule has 1 aromatic rings. The molecule has 0 saturated carbocycles. The van der Waals surface area contributed by atoms with Gasteiger partial charge < -0.3 is 9.80 Å². The second-order valence-electron chi connectivity index (χ2n) is 4.78. The van der Waals surface area contributed by atoms with Crippen LogP contribution in [0.5, 0.6) is 0 Å². The minimum absolute atomic E-state index is 0.228. The molecular weight excluding hydrogens is 220 g/mol. The average molecular weight is 238 g/mol. The fraction of sp³-hybridized carbons (Fsp3) is 0.636. The molecule has 0 unspecified atom stereocenters. The quantitative estimate of drug-likeness (QED) is 0.674. The van der Waals surface area contributed by atoms with Crippen LogP contribution in [0.15, 0.2) is 9.59 Å². The summed E-state index contributed by atoms with van der Waals surface area (Å²) in [6, 6.07) is 0.247. The SMILES string of the molecule is CC(C)N1CN(C)c2c1n(C)c(=O)n(C)c2=O. The Kier molecular flexibility index (Phi) is 2.52. The Morgan fingerprint density at radius 3 is 2.18 bits per heavy atom. The fourth-order valence-corrected chi connectivity index (χ4v) is 2.25. The standard InChI is InChI=1S/C11H18N4O2/c1-7(2)15-6-12(3)8-9(15)13(4)11(17)14(5)10(8)16/h7H,6H2,1-5H3. The van der Waals surface area contributed by atoms with Crippen LogP contribution in [0.3, 0.4) is 0 Å². The zero-order valence-electron chi connectivity index (χ0n) is 10.9. The number of hydrogen-bond acceptors (Lipinski definition) is 4. The van der Waals surface area contributed by atoms with E-state index in [4.69, 9.17) is 0 Å². The topological polar surface area (TPSA) is 50.5 Å². The van der Waals surface area contributed by atoms with Crippen molar-refractivity contribution in [2.45, 2.75) is 19.9 Å². The molecule has 2 rings (SSSR count). The van der Waals surface area contributed by atoms with Gasteiger partial charge in [0, 0.05) is 27.2 Å². The number of fused-ring (bicyclic) bond motifs is 1. The molecule has 0 fully saturated rings. The normalized spacial score (nSPS) is 14.7. The van der Waals surface area contributed by atoms with Gasteiger partial charge in [0.1, 0.15) is 11.5 Å². The minimum atomic E-state index is -0.283. The summed E-state index contributed by atoms with van der Waals surface area (Å²) in [5.74, 6) is 0.718. The molecular formula is C11H18N4O2. The summed E-state index contributed by atoms with van der Waals surface area (Å²) < 4.78 is 2.69. The molecule has 0 atom stereocenters. The van der Waals surface area contributed by atoms with Gasteiger partial charge in [0.2, 0.25) is 0 Å². The summed E-state index contributed by atoms with van der Waals surface area (Å²) >= 11 is 0. The van der Waals surface area contributed by atoms with Crippen LogP contribution in [0.2, 0.25) is 0 Å². The van der Waals surface area contributed by atoms with E-state index in [1.807, 2.05) is 25.8 Å². The van der Waals surface area contributed by atoms with Gasteiger partial charge in [-0.2, -0.15) is 0 Å². The zero-order chi connectivity index (χ0) is 12.9. The highest BCUT2D eigenvalue weighted by Gasteiger charge is 2.31. The number of anilines is 2. The molecule has 0 spiro atoms. The molecule has 1 aliphatic rings. The van der Waals surface area contributed by atoms with Crippen molar-refractivity contribution in [3.8, 4) is 0 Å². The van der Waals surface area contributed by atoms with Crippen molar-refractivity contribution in [2.24, 2.45) is 14.1 Å². The van der Waals surface area contributed by atoms with Crippen LogP contribution in [0.4, 0.5) is 11.5 Å². The van der Waals surface area contributed by atoms with Crippen molar-refractivity contribution in [2.75, 3.05) is 23.5 Å². The van der Waals surface area contributed by atoms with E-state index < -0.39 is 0 Å². The number of aromatic nitrogens is 2. The smallest absolute Gasteiger partial charge is 0.332 e. The first-order valence-corrected chi connectivity index (χ1v) is 5.64. The molecule has 94 valence electrons. The molecule has 0 radical (unpaired) electrons. The van der Waals surface area contributed by atoms with E-state index in [1.165, 1.54) is 7.05 Å². The van der Waals surface area contributed by atoms with E-state index in [0.29, 0.717) is 12.4 Å². The molecule has 0 amide bonds.